The summed E-state index contributed by atoms with van der Waals surface area (Å²) in [6.07, 6.45) is 2.60. The minimum absolute atomic E-state index is 0.558. The van der Waals surface area contributed by atoms with Gasteiger partial charge in [0.2, 0.25) is 0 Å². The molecule has 0 atom stereocenters. The number of benzene rings is 2. The third-order valence-corrected chi connectivity index (χ3v) is 4.04. The predicted octanol–water partition coefficient (Wildman–Crippen LogP) is 3.83. The Kier molecular flexibility index (Phi) is 4.64. The molecule has 0 heterocycles. The van der Waals surface area contributed by atoms with E-state index in [-0.39, 0.29) is 0 Å². The quantitative estimate of drug-likeness (QED) is 0.842. The molecule has 0 saturated heterocycles. The van der Waals surface area contributed by atoms with Crippen LogP contribution in [0.1, 0.15) is 29.5 Å². The third kappa shape index (κ3) is 3.80. The Hall–Kier alpha value is -2.00. The first-order valence-electron chi connectivity index (χ1n) is 7.84. The van der Waals surface area contributed by atoms with Gasteiger partial charge in [0.25, 0.3) is 0 Å². The van der Waals surface area contributed by atoms with Crippen molar-refractivity contribution >= 4 is 0 Å². The first-order valence-corrected chi connectivity index (χ1v) is 7.84. The zero-order valence-electron chi connectivity index (χ0n) is 13.3. The highest BCUT2D eigenvalue weighted by molar-refractivity contribution is 5.43. The van der Waals surface area contributed by atoms with Crippen molar-refractivity contribution in [2.45, 2.75) is 39.0 Å². The molecule has 1 aliphatic rings. The second-order valence-corrected chi connectivity index (χ2v) is 5.86. The standard InChI is InChI=1S/C19H23NO2/c1-14-5-3-4-6-16(14)13-22-18-10-7-15(11-19(18)21-2)12-20-17-8-9-17/h3-7,10-11,17,20H,8-9,12-13H2,1-2H3. The molecule has 0 radical (unpaired) electrons. The van der Waals surface area contributed by atoms with E-state index < -0.39 is 0 Å². The summed E-state index contributed by atoms with van der Waals surface area (Å²) in [5.41, 5.74) is 3.67. The van der Waals surface area contributed by atoms with E-state index in [4.69, 9.17) is 9.47 Å². The average Bonchev–Trinajstić information content (AvgIpc) is 3.37. The molecule has 3 heteroatoms. The summed E-state index contributed by atoms with van der Waals surface area (Å²) in [5.74, 6) is 1.59. The molecule has 1 saturated carbocycles. The van der Waals surface area contributed by atoms with Crippen LogP contribution in [0.5, 0.6) is 11.5 Å². The van der Waals surface area contributed by atoms with Crippen molar-refractivity contribution in [2.24, 2.45) is 0 Å². The van der Waals surface area contributed by atoms with Gasteiger partial charge in [-0.25, -0.2) is 0 Å². The lowest BCUT2D eigenvalue weighted by atomic mass is 10.1. The fourth-order valence-corrected chi connectivity index (χ4v) is 2.42. The van der Waals surface area contributed by atoms with Gasteiger partial charge < -0.3 is 14.8 Å². The highest BCUT2D eigenvalue weighted by Crippen LogP contribution is 2.29. The lowest BCUT2D eigenvalue weighted by Gasteiger charge is -2.13. The van der Waals surface area contributed by atoms with Crippen molar-refractivity contribution in [1.29, 1.82) is 0 Å². The van der Waals surface area contributed by atoms with Crippen LogP contribution in [0.15, 0.2) is 42.5 Å². The minimum Gasteiger partial charge on any atom is -0.493 e. The second-order valence-electron chi connectivity index (χ2n) is 5.86. The molecule has 2 aromatic carbocycles. The van der Waals surface area contributed by atoms with Gasteiger partial charge in [-0.1, -0.05) is 30.3 Å². The SMILES string of the molecule is COc1cc(CNC2CC2)ccc1OCc1ccccc1C. The molecule has 1 aliphatic carbocycles. The van der Waals surface area contributed by atoms with Gasteiger partial charge in [0, 0.05) is 12.6 Å². The highest BCUT2D eigenvalue weighted by atomic mass is 16.5. The maximum atomic E-state index is 5.94. The number of methoxy groups -OCH3 is 1. The second kappa shape index (κ2) is 6.84. The molecule has 22 heavy (non-hydrogen) atoms. The lowest BCUT2D eigenvalue weighted by Crippen LogP contribution is -2.15. The van der Waals surface area contributed by atoms with E-state index in [0.29, 0.717) is 12.6 Å². The monoisotopic (exact) mass is 297 g/mol. The van der Waals surface area contributed by atoms with Crippen molar-refractivity contribution < 1.29 is 9.47 Å². The van der Waals surface area contributed by atoms with Gasteiger partial charge in [-0.05, 0) is 48.6 Å². The van der Waals surface area contributed by atoms with E-state index in [2.05, 4.69) is 36.5 Å². The van der Waals surface area contributed by atoms with E-state index in [0.717, 1.165) is 18.0 Å². The Morgan fingerprint density at radius 2 is 1.91 bits per heavy atom. The van der Waals surface area contributed by atoms with Crippen LogP contribution in [0.3, 0.4) is 0 Å². The molecule has 1 fully saturated rings. The molecule has 3 nitrogen and oxygen atoms in total. The van der Waals surface area contributed by atoms with Crippen LogP contribution in [0.25, 0.3) is 0 Å². The maximum Gasteiger partial charge on any atom is 0.161 e. The average molecular weight is 297 g/mol. The van der Waals surface area contributed by atoms with Crippen LogP contribution in [0.2, 0.25) is 0 Å². The van der Waals surface area contributed by atoms with Crippen LogP contribution in [-0.4, -0.2) is 13.2 Å². The molecule has 0 aliphatic heterocycles. The first-order chi connectivity index (χ1) is 10.8. The third-order valence-electron chi connectivity index (χ3n) is 4.04. The maximum absolute atomic E-state index is 5.94. The Balaban J connectivity index is 1.65. The topological polar surface area (TPSA) is 30.5 Å². The van der Waals surface area contributed by atoms with E-state index in [9.17, 15) is 0 Å². The number of aryl methyl sites for hydroxylation is 1. The molecule has 3 rings (SSSR count). The van der Waals surface area contributed by atoms with Gasteiger partial charge in [0.1, 0.15) is 6.61 Å². The van der Waals surface area contributed by atoms with E-state index in [1.54, 1.807) is 7.11 Å². The minimum atomic E-state index is 0.558. The highest BCUT2D eigenvalue weighted by Gasteiger charge is 2.20. The van der Waals surface area contributed by atoms with Crippen LogP contribution >= 0.6 is 0 Å². The smallest absolute Gasteiger partial charge is 0.161 e. The fourth-order valence-electron chi connectivity index (χ4n) is 2.42. The number of ether oxygens (including phenoxy) is 2. The van der Waals surface area contributed by atoms with Crippen molar-refractivity contribution in [3.8, 4) is 11.5 Å². The van der Waals surface area contributed by atoms with Crippen LogP contribution < -0.4 is 14.8 Å². The Labute approximate surface area is 132 Å². The van der Waals surface area contributed by atoms with Crippen molar-refractivity contribution in [3.05, 3.63) is 59.2 Å². The molecule has 0 amide bonds. The molecule has 1 N–H and O–H groups in total. The summed E-state index contributed by atoms with van der Waals surface area (Å²) in [6.45, 7) is 3.55. The van der Waals surface area contributed by atoms with Crippen molar-refractivity contribution in [1.82, 2.24) is 5.32 Å². The van der Waals surface area contributed by atoms with Crippen molar-refractivity contribution in [2.75, 3.05) is 7.11 Å². The fraction of sp³-hybridized carbons (Fsp3) is 0.368. The van der Waals surface area contributed by atoms with E-state index in [1.165, 1.54) is 29.5 Å². The predicted molar refractivity (Wildman–Crippen MR) is 88.4 cm³/mol. The van der Waals surface area contributed by atoms with E-state index >= 15 is 0 Å². The molecule has 0 aromatic heterocycles. The Bertz CT molecular complexity index is 635. The summed E-state index contributed by atoms with van der Waals surface area (Å²) in [4.78, 5) is 0. The molecule has 0 unspecified atom stereocenters. The van der Waals surface area contributed by atoms with Gasteiger partial charge in [-0.3, -0.25) is 0 Å². The van der Waals surface area contributed by atoms with Gasteiger partial charge in [-0.15, -0.1) is 0 Å². The lowest BCUT2D eigenvalue weighted by molar-refractivity contribution is 0.283. The molecule has 0 spiro atoms. The first kappa shape index (κ1) is 14.9. The van der Waals surface area contributed by atoms with Gasteiger partial charge in [0.15, 0.2) is 11.5 Å². The molecule has 116 valence electrons. The number of hydrogen-bond acceptors (Lipinski definition) is 3. The summed E-state index contributed by atoms with van der Waals surface area (Å²) in [5, 5.41) is 3.51. The summed E-state index contributed by atoms with van der Waals surface area (Å²) in [6, 6.07) is 15.1. The largest absolute Gasteiger partial charge is 0.493 e. The molecule has 0 bridgehead atoms. The summed E-state index contributed by atoms with van der Waals surface area (Å²) in [7, 11) is 1.69. The zero-order valence-corrected chi connectivity index (χ0v) is 13.3. The number of nitrogens with one attached hydrogen (secondary N) is 1. The number of rotatable bonds is 7. The van der Waals surface area contributed by atoms with Crippen LogP contribution in [0.4, 0.5) is 0 Å². The molecular formula is C19H23NO2. The van der Waals surface area contributed by atoms with Gasteiger partial charge in [0.05, 0.1) is 7.11 Å². The van der Waals surface area contributed by atoms with Crippen LogP contribution in [0, 0.1) is 6.92 Å². The van der Waals surface area contributed by atoms with Gasteiger partial charge in [-0.2, -0.15) is 0 Å². The van der Waals surface area contributed by atoms with Crippen LogP contribution in [-0.2, 0) is 13.2 Å². The summed E-state index contributed by atoms with van der Waals surface area (Å²) >= 11 is 0. The molecule has 2 aromatic rings. The molecular weight excluding hydrogens is 274 g/mol. The zero-order chi connectivity index (χ0) is 15.4. The Morgan fingerprint density at radius 1 is 1.09 bits per heavy atom. The Morgan fingerprint density at radius 3 is 2.64 bits per heavy atom. The normalized spacial score (nSPS) is 13.9. The van der Waals surface area contributed by atoms with Crippen molar-refractivity contribution in [3.63, 3.8) is 0 Å². The van der Waals surface area contributed by atoms with Gasteiger partial charge >= 0.3 is 0 Å². The number of hydrogen-bond donors (Lipinski definition) is 1. The summed E-state index contributed by atoms with van der Waals surface area (Å²) < 4.78 is 11.4. The van der Waals surface area contributed by atoms with E-state index in [1.807, 2.05) is 18.2 Å².